The highest BCUT2D eigenvalue weighted by atomic mass is 35.5. The van der Waals surface area contributed by atoms with Gasteiger partial charge in [-0.05, 0) is 55.5 Å². The summed E-state index contributed by atoms with van der Waals surface area (Å²) >= 11 is 1.85. The molecule has 5 heteroatoms. The molecule has 1 heterocycles. The number of hydrogen-bond donors (Lipinski definition) is 2. The van der Waals surface area contributed by atoms with Crippen molar-refractivity contribution in [2.75, 3.05) is 23.9 Å². The number of benzene rings is 1. The van der Waals surface area contributed by atoms with Gasteiger partial charge in [-0.15, -0.1) is 12.4 Å². The number of amides is 1. The molecule has 1 amide bonds. The first kappa shape index (κ1) is 16.3. The number of carbonyl (C=O) groups is 1. The van der Waals surface area contributed by atoms with Gasteiger partial charge in [-0.2, -0.15) is 11.8 Å². The molecule has 3 nitrogen and oxygen atoms in total. The highest BCUT2D eigenvalue weighted by Gasteiger charge is 2.21. The highest BCUT2D eigenvalue weighted by Crippen LogP contribution is 2.13. The summed E-state index contributed by atoms with van der Waals surface area (Å²) < 4.78 is 0. The predicted octanol–water partition coefficient (Wildman–Crippen LogP) is 2.70. The normalized spacial score (nSPS) is 17.8. The monoisotopic (exact) mass is 300 g/mol. The molecule has 2 rings (SSSR count). The van der Waals surface area contributed by atoms with Gasteiger partial charge in [0.15, 0.2) is 0 Å². The molecular weight excluding hydrogens is 280 g/mol. The van der Waals surface area contributed by atoms with Gasteiger partial charge in [0.2, 0.25) is 5.91 Å². The molecule has 2 N–H and O–H groups in total. The smallest absolute Gasteiger partial charge is 0.241 e. The van der Waals surface area contributed by atoms with Crippen LogP contribution >= 0.6 is 24.2 Å². The standard InChI is InChI=1S/C14H20N2OS.ClH/c1-18-10-8-11-4-6-12(7-5-11)16-14(17)13-3-2-9-15-13;/h4-7,13,15H,2-3,8-10H2,1H3,(H,16,17);1H. The summed E-state index contributed by atoms with van der Waals surface area (Å²) in [5, 5.41) is 6.16. The van der Waals surface area contributed by atoms with Crippen LogP contribution in [-0.2, 0) is 11.2 Å². The summed E-state index contributed by atoms with van der Waals surface area (Å²) in [4.78, 5) is 11.9. The van der Waals surface area contributed by atoms with Crippen LogP contribution in [0.15, 0.2) is 24.3 Å². The van der Waals surface area contributed by atoms with Crippen molar-refractivity contribution in [3.05, 3.63) is 29.8 Å². The van der Waals surface area contributed by atoms with E-state index in [1.165, 1.54) is 5.56 Å². The van der Waals surface area contributed by atoms with Crippen molar-refractivity contribution in [3.63, 3.8) is 0 Å². The van der Waals surface area contributed by atoms with Crippen LogP contribution in [0.3, 0.4) is 0 Å². The molecule has 106 valence electrons. The summed E-state index contributed by atoms with van der Waals surface area (Å²) in [5.74, 6) is 1.22. The Balaban J connectivity index is 0.00000180. The molecule has 19 heavy (non-hydrogen) atoms. The molecule has 0 radical (unpaired) electrons. The maximum absolute atomic E-state index is 11.9. The molecule has 0 aliphatic carbocycles. The first-order valence-electron chi connectivity index (χ1n) is 6.42. The highest BCUT2D eigenvalue weighted by molar-refractivity contribution is 7.98. The maximum Gasteiger partial charge on any atom is 0.241 e. The molecule has 1 aromatic carbocycles. The Morgan fingerprint density at radius 2 is 2.16 bits per heavy atom. The Kier molecular flexibility index (Phi) is 7.28. The second kappa shape index (κ2) is 8.46. The van der Waals surface area contributed by atoms with Crippen molar-refractivity contribution in [2.45, 2.75) is 25.3 Å². The lowest BCUT2D eigenvalue weighted by atomic mass is 10.1. The minimum Gasteiger partial charge on any atom is -0.325 e. The maximum atomic E-state index is 11.9. The molecule has 1 aromatic rings. The van der Waals surface area contributed by atoms with Gasteiger partial charge in [0.1, 0.15) is 0 Å². The van der Waals surface area contributed by atoms with Gasteiger partial charge >= 0.3 is 0 Å². The molecule has 0 saturated carbocycles. The van der Waals surface area contributed by atoms with E-state index < -0.39 is 0 Å². The van der Waals surface area contributed by atoms with E-state index in [1.807, 2.05) is 23.9 Å². The molecule has 0 bridgehead atoms. The minimum atomic E-state index is -0.0128. The number of anilines is 1. The van der Waals surface area contributed by atoms with Crippen molar-refractivity contribution < 1.29 is 4.79 Å². The van der Waals surface area contributed by atoms with Crippen molar-refractivity contribution in [1.29, 1.82) is 0 Å². The molecule has 1 fully saturated rings. The van der Waals surface area contributed by atoms with Gasteiger partial charge in [-0.3, -0.25) is 4.79 Å². The Bertz CT molecular complexity index is 391. The largest absolute Gasteiger partial charge is 0.325 e. The number of rotatable bonds is 5. The third-order valence-corrected chi connectivity index (χ3v) is 3.81. The van der Waals surface area contributed by atoms with Crippen molar-refractivity contribution >= 4 is 35.8 Å². The van der Waals surface area contributed by atoms with E-state index in [9.17, 15) is 4.79 Å². The van der Waals surface area contributed by atoms with E-state index in [4.69, 9.17) is 0 Å². The van der Waals surface area contributed by atoms with Crippen LogP contribution in [0, 0.1) is 0 Å². The Hall–Kier alpha value is -0.710. The van der Waals surface area contributed by atoms with Gasteiger partial charge in [-0.25, -0.2) is 0 Å². The molecule has 1 unspecified atom stereocenters. The van der Waals surface area contributed by atoms with Crippen molar-refractivity contribution in [3.8, 4) is 0 Å². The Morgan fingerprint density at radius 1 is 1.42 bits per heavy atom. The quantitative estimate of drug-likeness (QED) is 0.878. The van der Waals surface area contributed by atoms with Crippen LogP contribution < -0.4 is 10.6 Å². The third-order valence-electron chi connectivity index (χ3n) is 3.19. The summed E-state index contributed by atoms with van der Waals surface area (Å²) in [6, 6.07) is 8.15. The molecule has 1 aliphatic heterocycles. The first-order valence-corrected chi connectivity index (χ1v) is 7.81. The lowest BCUT2D eigenvalue weighted by Crippen LogP contribution is -2.35. The van der Waals surface area contributed by atoms with E-state index in [0.717, 1.165) is 37.2 Å². The molecule has 1 saturated heterocycles. The summed E-state index contributed by atoms with van der Waals surface area (Å²) in [6.45, 7) is 0.950. The minimum absolute atomic E-state index is 0. The fraction of sp³-hybridized carbons (Fsp3) is 0.500. The summed E-state index contributed by atoms with van der Waals surface area (Å²) in [6.07, 6.45) is 5.23. The Labute approximate surface area is 125 Å². The molecular formula is C14H21ClN2OS. The van der Waals surface area contributed by atoms with Crippen LogP contribution in [0.25, 0.3) is 0 Å². The van der Waals surface area contributed by atoms with Crippen LogP contribution in [0.5, 0.6) is 0 Å². The predicted molar refractivity (Wildman–Crippen MR) is 85.4 cm³/mol. The van der Waals surface area contributed by atoms with Gasteiger partial charge in [0.25, 0.3) is 0 Å². The van der Waals surface area contributed by atoms with Crippen LogP contribution in [0.1, 0.15) is 18.4 Å². The van der Waals surface area contributed by atoms with Crippen LogP contribution in [0.4, 0.5) is 5.69 Å². The van der Waals surface area contributed by atoms with E-state index in [0.29, 0.717) is 0 Å². The van der Waals surface area contributed by atoms with Crippen LogP contribution in [0.2, 0.25) is 0 Å². The number of nitrogens with one attached hydrogen (secondary N) is 2. The first-order chi connectivity index (χ1) is 8.79. The fourth-order valence-corrected chi connectivity index (χ4v) is 2.55. The second-order valence-corrected chi connectivity index (χ2v) is 5.56. The number of thioether (sulfide) groups is 1. The zero-order chi connectivity index (χ0) is 12.8. The number of carbonyl (C=O) groups excluding carboxylic acids is 1. The third kappa shape index (κ3) is 5.05. The van der Waals surface area contributed by atoms with E-state index >= 15 is 0 Å². The SMILES string of the molecule is CSCCc1ccc(NC(=O)C2CCCN2)cc1.Cl. The second-order valence-electron chi connectivity index (χ2n) is 4.58. The van der Waals surface area contributed by atoms with Gasteiger partial charge in [-0.1, -0.05) is 12.1 Å². The molecule has 0 spiro atoms. The van der Waals surface area contributed by atoms with Crippen LogP contribution in [-0.4, -0.2) is 30.5 Å². The lowest BCUT2D eigenvalue weighted by Gasteiger charge is -2.11. The summed E-state index contributed by atoms with van der Waals surface area (Å²) in [7, 11) is 0. The van der Waals surface area contributed by atoms with Gasteiger partial charge in [0, 0.05) is 5.69 Å². The zero-order valence-electron chi connectivity index (χ0n) is 11.1. The molecule has 1 atom stereocenters. The number of aryl methyl sites for hydroxylation is 1. The Morgan fingerprint density at radius 3 is 2.74 bits per heavy atom. The lowest BCUT2D eigenvalue weighted by molar-refractivity contribution is -0.117. The van der Waals surface area contributed by atoms with E-state index in [-0.39, 0.29) is 24.4 Å². The van der Waals surface area contributed by atoms with Gasteiger partial charge in [0.05, 0.1) is 6.04 Å². The fourth-order valence-electron chi connectivity index (χ4n) is 2.11. The average molecular weight is 301 g/mol. The van der Waals surface area contributed by atoms with E-state index in [1.54, 1.807) is 0 Å². The molecule has 0 aromatic heterocycles. The van der Waals surface area contributed by atoms with Gasteiger partial charge < -0.3 is 10.6 Å². The number of hydrogen-bond acceptors (Lipinski definition) is 3. The van der Waals surface area contributed by atoms with Crippen molar-refractivity contribution in [2.24, 2.45) is 0 Å². The van der Waals surface area contributed by atoms with Crippen molar-refractivity contribution in [1.82, 2.24) is 5.32 Å². The molecule has 1 aliphatic rings. The van der Waals surface area contributed by atoms with E-state index in [2.05, 4.69) is 29.0 Å². The average Bonchev–Trinajstić information content (AvgIpc) is 2.92. The number of halogens is 1. The topological polar surface area (TPSA) is 41.1 Å². The zero-order valence-corrected chi connectivity index (χ0v) is 12.8. The summed E-state index contributed by atoms with van der Waals surface area (Å²) in [5.41, 5.74) is 2.21.